The number of nitrogen functional groups attached to an aromatic ring is 1. The molecule has 0 atom stereocenters. The van der Waals surface area contributed by atoms with Gasteiger partial charge in [-0.2, -0.15) is 9.97 Å². The number of nitrogens with zero attached hydrogens (tertiary/aromatic N) is 4. The second-order valence-corrected chi connectivity index (χ2v) is 3.16. The first-order chi connectivity index (χ1) is 6.79. The fraction of sp³-hybridized carbons (Fsp3) is 0.143. The maximum Gasteiger partial charge on any atom is 0.224 e. The van der Waals surface area contributed by atoms with Crippen LogP contribution in [0.15, 0.2) is 22.0 Å². The Labute approximate surface area is 83.9 Å². The molecule has 7 heteroatoms. The molecule has 0 saturated carbocycles. The van der Waals surface area contributed by atoms with Gasteiger partial charge in [0.15, 0.2) is 16.7 Å². The molecule has 0 unspecified atom stereocenters. The van der Waals surface area contributed by atoms with E-state index in [0.717, 1.165) is 0 Å². The van der Waals surface area contributed by atoms with Gasteiger partial charge in [-0.05, 0) is 6.26 Å². The molecule has 0 aliphatic heterocycles. The first-order valence-electron chi connectivity index (χ1n) is 3.76. The van der Waals surface area contributed by atoms with Gasteiger partial charge in [-0.25, -0.2) is 4.98 Å². The lowest BCUT2D eigenvalue weighted by atomic mass is 10.4. The van der Waals surface area contributed by atoms with Crippen LogP contribution in [0.2, 0.25) is 0 Å². The van der Waals surface area contributed by atoms with Crippen molar-refractivity contribution in [3.05, 3.63) is 12.3 Å². The predicted molar refractivity (Wildman–Crippen MR) is 51.5 cm³/mol. The summed E-state index contributed by atoms with van der Waals surface area (Å²) >= 11 is 1.39. The van der Waals surface area contributed by atoms with E-state index in [-0.39, 0.29) is 5.95 Å². The molecule has 0 saturated heterocycles. The van der Waals surface area contributed by atoms with Crippen LogP contribution in [0.3, 0.4) is 0 Å². The van der Waals surface area contributed by atoms with Crippen molar-refractivity contribution in [1.29, 1.82) is 0 Å². The molecule has 0 bridgehead atoms. The fourth-order valence-corrected chi connectivity index (χ4v) is 1.27. The van der Waals surface area contributed by atoms with Crippen LogP contribution < -0.4 is 5.73 Å². The molecule has 2 heterocycles. The molecule has 2 N–H and O–H groups in total. The lowest BCUT2D eigenvalue weighted by molar-refractivity contribution is 0.421. The average Bonchev–Trinajstić information content (AvgIpc) is 2.69. The quantitative estimate of drug-likeness (QED) is 0.732. The van der Waals surface area contributed by atoms with Crippen LogP contribution in [-0.2, 0) is 0 Å². The second-order valence-electron chi connectivity index (χ2n) is 2.39. The Hall–Kier alpha value is -1.63. The van der Waals surface area contributed by atoms with Crippen molar-refractivity contribution >= 4 is 17.7 Å². The third-order valence-corrected chi connectivity index (χ3v) is 2.03. The van der Waals surface area contributed by atoms with Crippen molar-refractivity contribution in [3.63, 3.8) is 0 Å². The van der Waals surface area contributed by atoms with Crippen molar-refractivity contribution in [2.75, 3.05) is 12.0 Å². The number of rotatable bonds is 2. The van der Waals surface area contributed by atoms with E-state index in [1.54, 1.807) is 6.07 Å². The summed E-state index contributed by atoms with van der Waals surface area (Å²) in [6.45, 7) is 0. The smallest absolute Gasteiger partial charge is 0.224 e. The van der Waals surface area contributed by atoms with Crippen LogP contribution in [0.25, 0.3) is 11.5 Å². The van der Waals surface area contributed by atoms with Crippen LogP contribution in [0, 0.1) is 0 Å². The molecule has 14 heavy (non-hydrogen) atoms. The topological polar surface area (TPSA) is 90.7 Å². The van der Waals surface area contributed by atoms with E-state index in [2.05, 4.69) is 24.6 Å². The fourth-order valence-electron chi connectivity index (χ4n) is 0.906. The minimum Gasteiger partial charge on any atom is -0.368 e. The third-order valence-electron chi connectivity index (χ3n) is 1.48. The van der Waals surface area contributed by atoms with Crippen molar-refractivity contribution in [1.82, 2.24) is 20.1 Å². The zero-order chi connectivity index (χ0) is 9.97. The molecule has 0 aliphatic carbocycles. The van der Waals surface area contributed by atoms with Crippen LogP contribution >= 0.6 is 11.8 Å². The standard InChI is InChI=1S/C7H7N5OS/c1-14-7-10-5(9-6(8)11-7)4-2-3-13-12-4/h2-3H,1H3,(H2,8,9,10,11). The number of nitrogens with two attached hydrogens (primary N) is 1. The van der Waals surface area contributed by atoms with E-state index in [0.29, 0.717) is 16.7 Å². The summed E-state index contributed by atoms with van der Waals surface area (Å²) < 4.78 is 4.68. The number of hydrogen-bond donors (Lipinski definition) is 1. The lowest BCUT2D eigenvalue weighted by Crippen LogP contribution is -2.01. The van der Waals surface area contributed by atoms with Crippen LogP contribution in [0.1, 0.15) is 0 Å². The Bertz CT molecular complexity index is 430. The van der Waals surface area contributed by atoms with Crippen molar-refractivity contribution in [2.24, 2.45) is 0 Å². The summed E-state index contributed by atoms with van der Waals surface area (Å²) in [4.78, 5) is 12.0. The molecule has 2 aromatic rings. The molecule has 72 valence electrons. The maximum atomic E-state index is 5.51. The average molecular weight is 209 g/mol. The number of hydrogen-bond acceptors (Lipinski definition) is 7. The van der Waals surface area contributed by atoms with Crippen molar-refractivity contribution in [2.45, 2.75) is 5.16 Å². The molecule has 2 aromatic heterocycles. The molecule has 6 nitrogen and oxygen atoms in total. The highest BCUT2D eigenvalue weighted by molar-refractivity contribution is 7.98. The highest BCUT2D eigenvalue weighted by Crippen LogP contribution is 2.16. The zero-order valence-electron chi connectivity index (χ0n) is 7.34. The minimum atomic E-state index is 0.183. The predicted octanol–water partition coefficient (Wildman–Crippen LogP) is 0.831. The van der Waals surface area contributed by atoms with Gasteiger partial charge in [0.2, 0.25) is 5.95 Å². The van der Waals surface area contributed by atoms with Gasteiger partial charge in [0.25, 0.3) is 0 Å². The van der Waals surface area contributed by atoms with E-state index in [4.69, 9.17) is 5.73 Å². The Morgan fingerprint density at radius 3 is 2.86 bits per heavy atom. The van der Waals surface area contributed by atoms with Crippen LogP contribution in [-0.4, -0.2) is 26.4 Å². The van der Waals surface area contributed by atoms with Crippen molar-refractivity contribution in [3.8, 4) is 11.5 Å². The highest BCUT2D eigenvalue weighted by atomic mass is 32.2. The molecule has 0 amide bonds. The van der Waals surface area contributed by atoms with Gasteiger partial charge in [-0.3, -0.25) is 0 Å². The van der Waals surface area contributed by atoms with E-state index in [9.17, 15) is 0 Å². The van der Waals surface area contributed by atoms with E-state index >= 15 is 0 Å². The molecule has 0 aliphatic rings. The first-order valence-corrected chi connectivity index (χ1v) is 4.98. The van der Waals surface area contributed by atoms with Gasteiger partial charge in [0.1, 0.15) is 6.26 Å². The molecule has 0 radical (unpaired) electrons. The zero-order valence-corrected chi connectivity index (χ0v) is 8.15. The summed E-state index contributed by atoms with van der Waals surface area (Å²) in [6.07, 6.45) is 3.31. The van der Waals surface area contributed by atoms with Gasteiger partial charge >= 0.3 is 0 Å². The van der Waals surface area contributed by atoms with Crippen LogP contribution in [0.5, 0.6) is 0 Å². The Balaban J connectivity index is 2.48. The molecule has 0 aromatic carbocycles. The summed E-state index contributed by atoms with van der Waals surface area (Å²) in [5.41, 5.74) is 6.06. The number of anilines is 1. The van der Waals surface area contributed by atoms with E-state index < -0.39 is 0 Å². The summed E-state index contributed by atoms with van der Waals surface area (Å²) in [5, 5.41) is 4.28. The number of thioether (sulfide) groups is 1. The SMILES string of the molecule is CSc1nc(N)nc(-c2ccon2)n1. The normalized spacial score (nSPS) is 10.4. The molecular formula is C7H7N5OS. The minimum absolute atomic E-state index is 0.183. The summed E-state index contributed by atoms with van der Waals surface area (Å²) in [6, 6.07) is 1.67. The summed E-state index contributed by atoms with van der Waals surface area (Å²) in [5.74, 6) is 0.609. The van der Waals surface area contributed by atoms with Crippen LogP contribution in [0.4, 0.5) is 5.95 Å². The molecule has 0 spiro atoms. The largest absolute Gasteiger partial charge is 0.368 e. The molecular weight excluding hydrogens is 202 g/mol. The van der Waals surface area contributed by atoms with Gasteiger partial charge in [-0.1, -0.05) is 16.9 Å². The number of aromatic nitrogens is 4. The third kappa shape index (κ3) is 1.67. The van der Waals surface area contributed by atoms with Gasteiger partial charge in [0.05, 0.1) is 0 Å². The van der Waals surface area contributed by atoms with Gasteiger partial charge < -0.3 is 10.3 Å². The Morgan fingerprint density at radius 1 is 1.36 bits per heavy atom. The van der Waals surface area contributed by atoms with E-state index in [1.807, 2.05) is 6.26 Å². The Kier molecular flexibility index (Phi) is 2.32. The van der Waals surface area contributed by atoms with E-state index in [1.165, 1.54) is 18.0 Å². The lowest BCUT2D eigenvalue weighted by Gasteiger charge is -1.98. The Morgan fingerprint density at radius 2 is 2.21 bits per heavy atom. The summed E-state index contributed by atoms with van der Waals surface area (Å²) in [7, 11) is 0. The first kappa shape index (κ1) is 8.95. The van der Waals surface area contributed by atoms with Gasteiger partial charge in [0, 0.05) is 6.07 Å². The van der Waals surface area contributed by atoms with Crippen molar-refractivity contribution < 1.29 is 4.52 Å². The highest BCUT2D eigenvalue weighted by Gasteiger charge is 2.08. The monoisotopic (exact) mass is 209 g/mol. The molecule has 2 rings (SSSR count). The maximum absolute atomic E-state index is 5.51. The van der Waals surface area contributed by atoms with Gasteiger partial charge in [-0.15, -0.1) is 0 Å². The molecule has 0 fully saturated rings. The second kappa shape index (κ2) is 3.62.